The summed E-state index contributed by atoms with van der Waals surface area (Å²) in [5, 5.41) is 10.4. The maximum absolute atomic E-state index is 12.8. The molecule has 0 radical (unpaired) electrons. The Hall–Kier alpha value is -3.24. The number of aromatic nitrogens is 2. The summed E-state index contributed by atoms with van der Waals surface area (Å²) < 4.78 is 70.6. The van der Waals surface area contributed by atoms with Gasteiger partial charge in [0.05, 0.1) is 16.8 Å². The third-order valence-corrected chi connectivity index (χ3v) is 5.42. The number of hydrazone groups is 1. The number of anilines is 1. The van der Waals surface area contributed by atoms with Crippen molar-refractivity contribution in [1.29, 1.82) is 0 Å². The van der Waals surface area contributed by atoms with Crippen molar-refractivity contribution in [2.45, 2.75) is 11.3 Å². The van der Waals surface area contributed by atoms with Crippen molar-refractivity contribution < 1.29 is 31.1 Å². The van der Waals surface area contributed by atoms with Gasteiger partial charge in [-0.25, -0.2) is 14.0 Å². The van der Waals surface area contributed by atoms with Crippen molar-refractivity contribution in [2.75, 3.05) is 11.8 Å². The predicted molar refractivity (Wildman–Crippen MR) is 101 cm³/mol. The highest BCUT2D eigenvalue weighted by atomic mass is 35.5. The lowest BCUT2D eigenvalue weighted by Crippen LogP contribution is -2.45. The molecule has 2 heterocycles. The molecule has 0 saturated carbocycles. The number of benzene rings is 1. The van der Waals surface area contributed by atoms with E-state index in [-0.39, 0.29) is 16.4 Å². The van der Waals surface area contributed by atoms with Crippen LogP contribution in [-0.4, -0.2) is 48.5 Å². The van der Waals surface area contributed by atoms with Gasteiger partial charge in [-0.15, -0.1) is 23.8 Å². The highest BCUT2D eigenvalue weighted by molar-refractivity contribution is 7.92. The number of sulfonamides is 1. The molecule has 1 aromatic heterocycles. The minimum atomic E-state index is -5.15. The molecule has 2 aromatic rings. The Morgan fingerprint density at radius 2 is 2.00 bits per heavy atom. The van der Waals surface area contributed by atoms with Gasteiger partial charge in [0.15, 0.2) is 5.75 Å². The minimum absolute atomic E-state index is 0.0224. The van der Waals surface area contributed by atoms with E-state index in [1.807, 2.05) is 4.72 Å². The van der Waals surface area contributed by atoms with Crippen molar-refractivity contribution >= 4 is 39.2 Å². The second-order valence-corrected chi connectivity index (χ2v) is 8.04. The van der Waals surface area contributed by atoms with E-state index < -0.39 is 38.8 Å². The number of ether oxygens (including phenoxy) is 1. The van der Waals surface area contributed by atoms with Crippen LogP contribution in [0.2, 0.25) is 5.02 Å². The van der Waals surface area contributed by atoms with Crippen LogP contribution in [-0.2, 0) is 17.1 Å². The van der Waals surface area contributed by atoms with E-state index in [2.05, 4.69) is 31.3 Å². The van der Waals surface area contributed by atoms with E-state index in [1.54, 1.807) is 0 Å². The fourth-order valence-corrected chi connectivity index (χ4v) is 3.74. The fourth-order valence-electron chi connectivity index (χ4n) is 2.33. The van der Waals surface area contributed by atoms with Crippen LogP contribution in [0.3, 0.4) is 0 Å². The molecule has 0 fully saturated rings. The van der Waals surface area contributed by atoms with Gasteiger partial charge in [-0.3, -0.25) is 24.5 Å². The van der Waals surface area contributed by atoms with Crippen molar-refractivity contribution in [3.63, 3.8) is 0 Å². The first kappa shape index (κ1) is 22.4. The zero-order valence-corrected chi connectivity index (χ0v) is 17.2. The largest absolute Gasteiger partial charge is 0.573 e. The van der Waals surface area contributed by atoms with Gasteiger partial charge in [0.1, 0.15) is 10.6 Å². The van der Waals surface area contributed by atoms with E-state index in [1.165, 1.54) is 23.8 Å². The van der Waals surface area contributed by atoms with Crippen LogP contribution >= 0.6 is 11.6 Å². The van der Waals surface area contributed by atoms with Gasteiger partial charge in [-0.05, 0) is 12.1 Å². The Labute approximate surface area is 178 Å². The van der Waals surface area contributed by atoms with Crippen LogP contribution in [0.15, 0.2) is 34.5 Å². The number of alkyl halides is 3. The zero-order valence-electron chi connectivity index (χ0n) is 15.7. The van der Waals surface area contributed by atoms with E-state index >= 15 is 0 Å². The summed E-state index contributed by atoms with van der Waals surface area (Å²) in [6.07, 6.45) is -3.06. The highest BCUT2D eigenvalue weighted by Gasteiger charge is 2.34. The minimum Gasteiger partial charge on any atom is -0.403 e. The van der Waals surface area contributed by atoms with Crippen LogP contribution in [0.5, 0.6) is 5.75 Å². The van der Waals surface area contributed by atoms with Gasteiger partial charge in [0, 0.05) is 20.3 Å². The predicted octanol–water partition coefficient (Wildman–Crippen LogP) is 0.728. The molecule has 0 saturated heterocycles. The Kier molecular flexibility index (Phi) is 5.88. The number of guanidine groups is 1. The first-order chi connectivity index (χ1) is 14.4. The summed E-state index contributed by atoms with van der Waals surface area (Å²) in [5.74, 6) is -1.81. The molecule has 0 aliphatic carbocycles. The number of aryl methyl sites for hydroxylation is 1. The summed E-state index contributed by atoms with van der Waals surface area (Å²) in [5.41, 5.74) is 3.76. The standard InChI is InChI=1S/C14H14ClF3N8O4S/c1-25-6-7(5-19-25)31(28,29)22-11-9(30-14(16,17)18)4-3-8(10(11)15)12(27)20-13-21-23-24-26(13)2/h3-6,22-24H,1-2H3,(H,20,21,27). The molecule has 0 atom stereocenters. The van der Waals surface area contributed by atoms with Crippen LogP contribution in [0, 0.1) is 0 Å². The Morgan fingerprint density at radius 1 is 1.29 bits per heavy atom. The maximum Gasteiger partial charge on any atom is 0.573 e. The van der Waals surface area contributed by atoms with Crippen molar-refractivity contribution in [2.24, 2.45) is 12.1 Å². The Balaban J connectivity index is 2.01. The summed E-state index contributed by atoms with van der Waals surface area (Å²) in [7, 11) is -1.46. The van der Waals surface area contributed by atoms with E-state index in [0.717, 1.165) is 24.5 Å². The van der Waals surface area contributed by atoms with E-state index in [9.17, 15) is 26.4 Å². The van der Waals surface area contributed by atoms with Crippen molar-refractivity contribution in [3.05, 3.63) is 35.1 Å². The van der Waals surface area contributed by atoms with Gasteiger partial charge in [-0.1, -0.05) is 11.6 Å². The summed E-state index contributed by atoms with van der Waals surface area (Å²) in [6, 6.07) is 1.70. The molecule has 0 spiro atoms. The molecule has 1 amide bonds. The molecule has 31 heavy (non-hydrogen) atoms. The molecule has 168 valence electrons. The molecule has 17 heteroatoms. The number of hydrogen-bond donors (Lipinski definition) is 4. The van der Waals surface area contributed by atoms with Crippen LogP contribution < -0.4 is 25.8 Å². The number of carbonyl (C=O) groups is 1. The van der Waals surface area contributed by atoms with Crippen LogP contribution in [0.4, 0.5) is 18.9 Å². The SMILES string of the molecule is CN1NNN=C1NC(=O)c1ccc(OC(F)(F)F)c(NS(=O)(=O)c2cnn(C)c2)c1Cl. The lowest BCUT2D eigenvalue weighted by Gasteiger charge is -2.18. The molecule has 12 nitrogen and oxygen atoms in total. The molecule has 1 aliphatic heterocycles. The van der Waals surface area contributed by atoms with Gasteiger partial charge >= 0.3 is 6.36 Å². The molecule has 4 N–H and O–H groups in total. The van der Waals surface area contributed by atoms with Gasteiger partial charge in [-0.2, -0.15) is 5.10 Å². The number of nitrogens with one attached hydrogen (secondary N) is 4. The zero-order chi connectivity index (χ0) is 23.0. The summed E-state index contributed by atoms with van der Waals surface area (Å²) >= 11 is 6.12. The van der Waals surface area contributed by atoms with E-state index in [0.29, 0.717) is 0 Å². The smallest absolute Gasteiger partial charge is 0.403 e. The van der Waals surface area contributed by atoms with E-state index in [4.69, 9.17) is 11.6 Å². The third kappa shape index (κ3) is 5.09. The quantitative estimate of drug-likeness (QED) is 0.488. The van der Waals surface area contributed by atoms with Crippen LogP contribution in [0.25, 0.3) is 0 Å². The monoisotopic (exact) mass is 482 g/mol. The van der Waals surface area contributed by atoms with Crippen molar-refractivity contribution in [3.8, 4) is 5.75 Å². The number of carbonyl (C=O) groups excluding carboxylic acids is 1. The number of hydrogen-bond acceptors (Lipinski definition) is 9. The molecule has 0 unspecified atom stereocenters. The average Bonchev–Trinajstić information content (AvgIpc) is 3.26. The number of nitrogens with zero attached hydrogens (tertiary/aromatic N) is 4. The fraction of sp³-hybridized carbons (Fsp3) is 0.214. The number of amides is 1. The van der Waals surface area contributed by atoms with Gasteiger partial charge in [0.25, 0.3) is 15.9 Å². The topological polar surface area (TPSA) is 142 Å². The molecular weight excluding hydrogens is 469 g/mol. The number of halogens is 4. The molecule has 1 aromatic carbocycles. The lowest BCUT2D eigenvalue weighted by molar-refractivity contribution is -0.274. The maximum atomic E-state index is 12.8. The normalized spacial score (nSPS) is 14.1. The highest BCUT2D eigenvalue weighted by Crippen LogP contribution is 2.39. The Bertz CT molecular complexity index is 1150. The average molecular weight is 483 g/mol. The second kappa shape index (κ2) is 8.12. The van der Waals surface area contributed by atoms with Gasteiger partial charge < -0.3 is 4.74 Å². The van der Waals surface area contributed by atoms with Crippen molar-refractivity contribution in [1.82, 2.24) is 31.2 Å². The Morgan fingerprint density at radius 3 is 2.55 bits per heavy atom. The molecule has 3 rings (SSSR count). The number of rotatable bonds is 5. The van der Waals surface area contributed by atoms with Gasteiger partial charge in [0.2, 0.25) is 5.96 Å². The second-order valence-electron chi connectivity index (χ2n) is 5.98. The molecule has 1 aliphatic rings. The molecule has 0 bridgehead atoms. The number of hydrazine groups is 2. The summed E-state index contributed by atoms with van der Waals surface area (Å²) in [6.45, 7) is 0. The summed E-state index contributed by atoms with van der Waals surface area (Å²) in [4.78, 5) is 12.2. The first-order valence-corrected chi connectivity index (χ1v) is 9.96. The third-order valence-electron chi connectivity index (χ3n) is 3.72. The molecular formula is C14H14ClF3N8O4S. The lowest BCUT2D eigenvalue weighted by atomic mass is 10.1. The van der Waals surface area contributed by atoms with Crippen LogP contribution in [0.1, 0.15) is 10.4 Å². The first-order valence-electron chi connectivity index (χ1n) is 8.10.